The van der Waals surface area contributed by atoms with Gasteiger partial charge < -0.3 is 30.8 Å². The first kappa shape index (κ1) is 25.2. The highest BCUT2D eigenvalue weighted by Gasteiger charge is 2.24. The van der Waals surface area contributed by atoms with Crippen molar-refractivity contribution in [3.05, 3.63) is 71.4 Å². The number of carboxylic acid groups (broad SMARTS) is 1. The van der Waals surface area contributed by atoms with Crippen LogP contribution in [0.5, 0.6) is 5.75 Å². The SMILES string of the molecule is CCOC(C(=O)NCc1ccc(/C(N)=N\O)cc1)n1cc(C)c(-c2ccccc2OCC(=O)O)n1. The Bertz CT molecular complexity index is 1210. The molecule has 1 aromatic heterocycles. The van der Waals surface area contributed by atoms with Crippen LogP contribution < -0.4 is 15.8 Å². The summed E-state index contributed by atoms with van der Waals surface area (Å²) in [4.78, 5) is 23.9. The van der Waals surface area contributed by atoms with E-state index in [1.54, 1.807) is 61.7 Å². The van der Waals surface area contributed by atoms with Gasteiger partial charge in [-0.2, -0.15) is 5.10 Å². The van der Waals surface area contributed by atoms with Crippen LogP contribution in [-0.4, -0.2) is 51.0 Å². The first-order chi connectivity index (χ1) is 16.8. The smallest absolute Gasteiger partial charge is 0.341 e. The van der Waals surface area contributed by atoms with Crippen molar-refractivity contribution in [3.8, 4) is 17.0 Å². The summed E-state index contributed by atoms with van der Waals surface area (Å²) < 4.78 is 12.5. The number of carbonyl (C=O) groups is 2. The molecule has 3 aromatic rings. The number of carboxylic acids is 1. The Morgan fingerprint density at radius 3 is 2.57 bits per heavy atom. The minimum atomic E-state index is -1.09. The van der Waals surface area contributed by atoms with Crippen molar-refractivity contribution in [2.24, 2.45) is 10.9 Å². The topological polar surface area (TPSA) is 161 Å². The van der Waals surface area contributed by atoms with Crippen LogP contribution in [0.1, 0.15) is 29.8 Å². The Hall–Kier alpha value is -4.38. The lowest BCUT2D eigenvalue weighted by Crippen LogP contribution is -2.34. The number of nitrogens with one attached hydrogen (secondary N) is 1. The van der Waals surface area contributed by atoms with E-state index in [0.29, 0.717) is 22.6 Å². The predicted octanol–water partition coefficient (Wildman–Crippen LogP) is 2.27. The molecule has 11 nitrogen and oxygen atoms in total. The summed E-state index contributed by atoms with van der Waals surface area (Å²) in [7, 11) is 0. The Morgan fingerprint density at radius 2 is 1.91 bits per heavy atom. The van der Waals surface area contributed by atoms with E-state index in [0.717, 1.165) is 11.1 Å². The fourth-order valence-corrected chi connectivity index (χ4v) is 3.35. The summed E-state index contributed by atoms with van der Waals surface area (Å²) in [5.74, 6) is -1.11. The summed E-state index contributed by atoms with van der Waals surface area (Å²) in [5.41, 5.74) is 8.84. The molecule has 0 aliphatic carbocycles. The van der Waals surface area contributed by atoms with E-state index in [1.165, 1.54) is 4.68 Å². The van der Waals surface area contributed by atoms with Gasteiger partial charge in [0.05, 0.1) is 5.69 Å². The van der Waals surface area contributed by atoms with Crippen LogP contribution in [0.4, 0.5) is 0 Å². The molecule has 3 rings (SSSR count). The molecular weight excluding hydrogens is 454 g/mol. The van der Waals surface area contributed by atoms with E-state index in [-0.39, 0.29) is 19.0 Å². The van der Waals surface area contributed by atoms with Crippen LogP contribution in [0.3, 0.4) is 0 Å². The minimum Gasteiger partial charge on any atom is -0.481 e. The molecule has 0 spiro atoms. The van der Waals surface area contributed by atoms with Crippen LogP contribution in [0, 0.1) is 6.92 Å². The second kappa shape index (κ2) is 11.7. The van der Waals surface area contributed by atoms with Crippen molar-refractivity contribution < 1.29 is 29.4 Å². The fourth-order valence-electron chi connectivity index (χ4n) is 3.35. The van der Waals surface area contributed by atoms with Crippen molar-refractivity contribution in [1.29, 1.82) is 0 Å². The van der Waals surface area contributed by atoms with Gasteiger partial charge in [0.25, 0.3) is 5.91 Å². The number of aliphatic carboxylic acids is 1. The van der Waals surface area contributed by atoms with Gasteiger partial charge in [-0.05, 0) is 37.1 Å². The number of amidine groups is 1. The molecule has 1 atom stereocenters. The number of rotatable bonds is 11. The Labute approximate surface area is 201 Å². The highest BCUT2D eigenvalue weighted by atomic mass is 16.5. The van der Waals surface area contributed by atoms with Crippen molar-refractivity contribution in [2.75, 3.05) is 13.2 Å². The van der Waals surface area contributed by atoms with Crippen molar-refractivity contribution in [1.82, 2.24) is 15.1 Å². The Balaban J connectivity index is 1.78. The zero-order valence-corrected chi connectivity index (χ0v) is 19.3. The maximum Gasteiger partial charge on any atom is 0.341 e. The Morgan fingerprint density at radius 1 is 1.20 bits per heavy atom. The summed E-state index contributed by atoms with van der Waals surface area (Å²) in [6, 6.07) is 13.8. The number of benzene rings is 2. The number of aromatic nitrogens is 2. The molecule has 0 aliphatic heterocycles. The largest absolute Gasteiger partial charge is 0.481 e. The Kier molecular flexibility index (Phi) is 8.41. The number of nitrogens with zero attached hydrogens (tertiary/aromatic N) is 3. The third kappa shape index (κ3) is 6.36. The van der Waals surface area contributed by atoms with Crippen LogP contribution >= 0.6 is 0 Å². The first-order valence-corrected chi connectivity index (χ1v) is 10.8. The normalized spacial score (nSPS) is 12.2. The molecule has 0 aliphatic rings. The van der Waals surface area contributed by atoms with Gasteiger partial charge in [-0.1, -0.05) is 41.6 Å². The zero-order chi connectivity index (χ0) is 25.4. The van der Waals surface area contributed by atoms with Crippen LogP contribution in [0.25, 0.3) is 11.3 Å². The molecule has 1 amide bonds. The molecular formula is C24H27N5O6. The fraction of sp³-hybridized carbons (Fsp3) is 0.250. The number of oxime groups is 1. The number of ether oxygens (including phenoxy) is 2. The van der Waals surface area contributed by atoms with Gasteiger partial charge in [0.1, 0.15) is 5.75 Å². The number of nitrogens with two attached hydrogens (primary N) is 1. The maximum atomic E-state index is 13.0. The minimum absolute atomic E-state index is 0.00298. The van der Waals surface area contributed by atoms with Gasteiger partial charge in [0, 0.05) is 30.5 Å². The van der Waals surface area contributed by atoms with Gasteiger partial charge in [-0.3, -0.25) is 4.79 Å². The number of carbonyl (C=O) groups excluding carboxylic acids is 1. The van der Waals surface area contributed by atoms with E-state index >= 15 is 0 Å². The molecule has 0 fully saturated rings. The summed E-state index contributed by atoms with van der Waals surface area (Å²) in [5, 5.41) is 28.1. The van der Waals surface area contributed by atoms with Crippen LogP contribution in [0.2, 0.25) is 0 Å². The number of hydrogen-bond donors (Lipinski definition) is 4. The summed E-state index contributed by atoms with van der Waals surface area (Å²) in [6.07, 6.45) is 0.672. The molecule has 0 bridgehead atoms. The molecule has 2 aromatic carbocycles. The van der Waals surface area contributed by atoms with E-state index in [1.807, 2.05) is 6.92 Å². The molecule has 0 radical (unpaired) electrons. The van der Waals surface area contributed by atoms with Gasteiger partial charge >= 0.3 is 5.97 Å². The lowest BCUT2D eigenvalue weighted by Gasteiger charge is -2.17. The maximum absolute atomic E-state index is 13.0. The first-order valence-electron chi connectivity index (χ1n) is 10.8. The van der Waals surface area contributed by atoms with Crippen LogP contribution in [-0.2, 0) is 20.9 Å². The molecule has 35 heavy (non-hydrogen) atoms. The van der Waals surface area contributed by atoms with Crippen molar-refractivity contribution in [2.45, 2.75) is 26.6 Å². The lowest BCUT2D eigenvalue weighted by atomic mass is 10.1. The number of para-hydroxylation sites is 1. The molecule has 1 heterocycles. The third-order valence-corrected chi connectivity index (χ3v) is 5.02. The molecule has 5 N–H and O–H groups in total. The van der Waals surface area contributed by atoms with E-state index in [2.05, 4.69) is 15.6 Å². The molecule has 11 heteroatoms. The molecule has 184 valence electrons. The second-order valence-electron chi connectivity index (χ2n) is 7.53. The van der Waals surface area contributed by atoms with Gasteiger partial charge in [0.2, 0.25) is 6.23 Å². The summed E-state index contributed by atoms with van der Waals surface area (Å²) >= 11 is 0. The summed E-state index contributed by atoms with van der Waals surface area (Å²) in [6.45, 7) is 3.63. The van der Waals surface area contributed by atoms with Crippen molar-refractivity contribution >= 4 is 17.7 Å². The van der Waals surface area contributed by atoms with Gasteiger partial charge in [-0.15, -0.1) is 0 Å². The van der Waals surface area contributed by atoms with Gasteiger partial charge in [0.15, 0.2) is 12.4 Å². The number of aryl methyl sites for hydroxylation is 1. The van der Waals surface area contributed by atoms with E-state index in [4.69, 9.17) is 25.5 Å². The molecule has 0 saturated carbocycles. The highest BCUT2D eigenvalue weighted by Crippen LogP contribution is 2.31. The molecule has 0 saturated heterocycles. The highest BCUT2D eigenvalue weighted by molar-refractivity contribution is 5.97. The van der Waals surface area contributed by atoms with Gasteiger partial charge in [-0.25, -0.2) is 9.48 Å². The van der Waals surface area contributed by atoms with E-state index < -0.39 is 24.7 Å². The average molecular weight is 482 g/mol. The lowest BCUT2D eigenvalue weighted by molar-refractivity contribution is -0.140. The van der Waals surface area contributed by atoms with Crippen molar-refractivity contribution in [3.63, 3.8) is 0 Å². The second-order valence-corrected chi connectivity index (χ2v) is 7.53. The monoisotopic (exact) mass is 481 g/mol. The predicted molar refractivity (Wildman–Crippen MR) is 127 cm³/mol. The van der Waals surface area contributed by atoms with Crippen LogP contribution in [0.15, 0.2) is 59.9 Å². The average Bonchev–Trinajstić information content (AvgIpc) is 3.25. The molecule has 1 unspecified atom stereocenters. The third-order valence-electron chi connectivity index (χ3n) is 5.02. The number of amides is 1. The zero-order valence-electron chi connectivity index (χ0n) is 19.3. The standard InChI is InChI=1S/C24H27N5O6/c1-3-34-24(23(32)26-12-16-8-10-17(11-9-16)22(25)28-33)29-13-15(2)21(27-29)18-6-4-5-7-19(18)35-14-20(30)31/h4-11,13,24,33H,3,12,14H2,1-2H3,(H2,25,28)(H,26,32)(H,30,31). The quantitative estimate of drug-likeness (QED) is 0.140. The number of hydrogen-bond acceptors (Lipinski definition) is 7. The van der Waals surface area contributed by atoms with E-state index in [9.17, 15) is 9.59 Å².